The Morgan fingerprint density at radius 2 is 1.85 bits per heavy atom. The Bertz CT molecular complexity index is 1190. The van der Waals surface area contributed by atoms with E-state index in [1.165, 1.54) is 0 Å². The second-order valence-corrected chi connectivity index (χ2v) is 9.68. The van der Waals surface area contributed by atoms with Gasteiger partial charge in [0.2, 0.25) is 5.89 Å². The van der Waals surface area contributed by atoms with Gasteiger partial charge in [0.25, 0.3) is 0 Å². The number of halogens is 1. The Kier molecular flexibility index (Phi) is 6.00. The predicted molar refractivity (Wildman–Crippen MR) is 127 cm³/mol. The highest BCUT2D eigenvalue weighted by Crippen LogP contribution is 2.52. The van der Waals surface area contributed by atoms with Gasteiger partial charge in [0.15, 0.2) is 0 Å². The summed E-state index contributed by atoms with van der Waals surface area (Å²) in [5.41, 5.74) is 2.86. The minimum Gasteiger partial charge on any atom is -0.481 e. The van der Waals surface area contributed by atoms with Crippen molar-refractivity contribution in [3.8, 4) is 0 Å². The molecule has 8 nitrogen and oxygen atoms in total. The van der Waals surface area contributed by atoms with Gasteiger partial charge < -0.3 is 19.7 Å². The van der Waals surface area contributed by atoms with E-state index in [2.05, 4.69) is 20.4 Å². The maximum Gasteiger partial charge on any atom is 0.313 e. The van der Waals surface area contributed by atoms with Gasteiger partial charge in [-0.3, -0.25) is 9.59 Å². The molecule has 1 saturated heterocycles. The first-order valence-electron chi connectivity index (χ1n) is 11.4. The van der Waals surface area contributed by atoms with Gasteiger partial charge in [-0.2, -0.15) is 0 Å². The fourth-order valence-electron chi connectivity index (χ4n) is 4.99. The summed E-state index contributed by atoms with van der Waals surface area (Å²) in [6.07, 6.45) is 4.03. The van der Waals surface area contributed by atoms with Crippen LogP contribution in [0.2, 0.25) is 5.02 Å². The van der Waals surface area contributed by atoms with E-state index in [1.54, 1.807) is 6.07 Å². The van der Waals surface area contributed by atoms with Crippen LogP contribution in [0.3, 0.4) is 0 Å². The largest absolute Gasteiger partial charge is 0.481 e. The van der Waals surface area contributed by atoms with Crippen LogP contribution in [0.25, 0.3) is 0 Å². The highest BCUT2D eigenvalue weighted by molar-refractivity contribution is 6.30. The van der Waals surface area contributed by atoms with E-state index < -0.39 is 11.9 Å². The third-order valence-corrected chi connectivity index (χ3v) is 7.16. The summed E-state index contributed by atoms with van der Waals surface area (Å²) in [7, 11) is 0. The molecule has 5 rings (SSSR count). The van der Waals surface area contributed by atoms with E-state index in [4.69, 9.17) is 21.1 Å². The predicted octanol–water partition coefficient (Wildman–Crippen LogP) is 4.65. The number of hydrogen-bond acceptors (Lipinski definition) is 6. The Labute approximate surface area is 201 Å². The zero-order valence-electron chi connectivity index (χ0n) is 18.5. The summed E-state index contributed by atoms with van der Waals surface area (Å²) in [6.45, 7) is 1.82. The van der Waals surface area contributed by atoms with E-state index in [-0.39, 0.29) is 17.2 Å². The SMILES string of the molecule is O=C(Nc1ccc(N2CCC3(CC2)CC(C(=O)O)C3)cc1)c1nnc(Cc2cccc(Cl)c2)o1. The molecule has 2 N–H and O–H groups in total. The number of rotatable bonds is 6. The number of amides is 1. The Morgan fingerprint density at radius 3 is 2.53 bits per heavy atom. The van der Waals surface area contributed by atoms with Crippen molar-refractivity contribution in [2.45, 2.75) is 32.1 Å². The number of piperidine rings is 1. The van der Waals surface area contributed by atoms with E-state index in [0.717, 1.165) is 50.0 Å². The second-order valence-electron chi connectivity index (χ2n) is 9.24. The molecule has 2 aliphatic rings. The summed E-state index contributed by atoms with van der Waals surface area (Å²) >= 11 is 6.00. The Hall–Kier alpha value is -3.39. The summed E-state index contributed by atoms with van der Waals surface area (Å²) in [5, 5.41) is 20.4. The average Bonchev–Trinajstić information content (AvgIpc) is 3.27. The van der Waals surface area contributed by atoms with Gasteiger partial charge in [0, 0.05) is 29.5 Å². The van der Waals surface area contributed by atoms with Crippen molar-refractivity contribution in [2.75, 3.05) is 23.3 Å². The number of benzene rings is 2. The molecule has 9 heteroatoms. The highest BCUT2D eigenvalue weighted by Gasteiger charge is 2.48. The van der Waals surface area contributed by atoms with Crippen molar-refractivity contribution >= 4 is 34.9 Å². The molecule has 1 aliphatic heterocycles. The summed E-state index contributed by atoms with van der Waals surface area (Å²) in [4.78, 5) is 26.0. The number of carboxylic acid groups (broad SMARTS) is 1. The van der Waals surface area contributed by atoms with Gasteiger partial charge in [-0.1, -0.05) is 23.7 Å². The number of nitrogens with one attached hydrogen (secondary N) is 1. The molecule has 1 amide bonds. The third kappa shape index (κ3) is 4.77. The molecule has 1 spiro atoms. The van der Waals surface area contributed by atoms with Crippen LogP contribution in [0.4, 0.5) is 11.4 Å². The lowest BCUT2D eigenvalue weighted by Crippen LogP contribution is -2.49. The molecule has 176 valence electrons. The minimum absolute atomic E-state index is 0.0948. The zero-order valence-corrected chi connectivity index (χ0v) is 19.3. The average molecular weight is 481 g/mol. The van der Waals surface area contributed by atoms with Crippen molar-refractivity contribution in [1.29, 1.82) is 0 Å². The summed E-state index contributed by atoms with van der Waals surface area (Å²) in [6, 6.07) is 15.0. The van der Waals surface area contributed by atoms with Gasteiger partial charge in [0.05, 0.1) is 12.3 Å². The monoisotopic (exact) mass is 480 g/mol. The molecule has 0 bridgehead atoms. The van der Waals surface area contributed by atoms with E-state index in [0.29, 0.717) is 23.0 Å². The van der Waals surface area contributed by atoms with E-state index in [1.807, 2.05) is 42.5 Å². The fourth-order valence-corrected chi connectivity index (χ4v) is 5.20. The van der Waals surface area contributed by atoms with Crippen LogP contribution >= 0.6 is 11.6 Å². The van der Waals surface area contributed by atoms with Crippen molar-refractivity contribution < 1.29 is 19.1 Å². The topological polar surface area (TPSA) is 109 Å². The smallest absolute Gasteiger partial charge is 0.313 e. The maximum atomic E-state index is 12.5. The number of carbonyl (C=O) groups is 2. The standard InChI is InChI=1S/C25H25ClN4O4/c26-18-3-1-2-16(12-18)13-21-28-29-23(34-21)22(31)27-19-4-6-20(7-5-19)30-10-8-25(9-11-30)14-17(15-25)24(32)33/h1-7,12,17H,8-11,13-15H2,(H,27,31)(H,32,33). The highest BCUT2D eigenvalue weighted by atomic mass is 35.5. The normalized spacial score (nSPS) is 17.4. The molecule has 2 fully saturated rings. The zero-order chi connectivity index (χ0) is 23.7. The number of nitrogens with zero attached hydrogens (tertiary/aromatic N) is 3. The lowest BCUT2D eigenvalue weighted by atomic mass is 9.57. The number of anilines is 2. The number of aromatic nitrogens is 2. The minimum atomic E-state index is -0.663. The Morgan fingerprint density at radius 1 is 1.12 bits per heavy atom. The van der Waals surface area contributed by atoms with Crippen LogP contribution in [-0.2, 0) is 11.2 Å². The second kappa shape index (κ2) is 9.10. The van der Waals surface area contributed by atoms with Crippen LogP contribution in [-0.4, -0.2) is 40.3 Å². The van der Waals surface area contributed by atoms with Crippen LogP contribution < -0.4 is 10.2 Å². The number of carboxylic acids is 1. The number of carbonyl (C=O) groups excluding carboxylic acids is 1. The van der Waals surface area contributed by atoms with E-state index >= 15 is 0 Å². The molecule has 1 aliphatic carbocycles. The first kappa shape index (κ1) is 22.4. The first-order valence-corrected chi connectivity index (χ1v) is 11.7. The molecule has 0 unspecified atom stereocenters. The summed E-state index contributed by atoms with van der Waals surface area (Å²) in [5.74, 6) is -1.05. The maximum absolute atomic E-state index is 12.5. The van der Waals surface area contributed by atoms with Gasteiger partial charge in [-0.25, -0.2) is 0 Å². The third-order valence-electron chi connectivity index (χ3n) is 6.93. The van der Waals surface area contributed by atoms with Crippen molar-refractivity contribution in [1.82, 2.24) is 10.2 Å². The molecule has 0 radical (unpaired) electrons. The van der Waals surface area contributed by atoms with Gasteiger partial charge >= 0.3 is 17.8 Å². The number of aliphatic carboxylic acids is 1. The molecule has 1 aromatic heterocycles. The van der Waals surface area contributed by atoms with Crippen LogP contribution in [0.5, 0.6) is 0 Å². The molecule has 1 saturated carbocycles. The Balaban J connectivity index is 1.14. The molecule has 2 heterocycles. The summed E-state index contributed by atoms with van der Waals surface area (Å²) < 4.78 is 5.52. The first-order chi connectivity index (χ1) is 16.4. The quantitative estimate of drug-likeness (QED) is 0.528. The molecular weight excluding hydrogens is 456 g/mol. The van der Waals surface area contributed by atoms with Crippen molar-refractivity contribution in [3.63, 3.8) is 0 Å². The van der Waals surface area contributed by atoms with Gasteiger partial charge in [-0.05, 0) is 73.1 Å². The van der Waals surface area contributed by atoms with Gasteiger partial charge in [0.1, 0.15) is 0 Å². The van der Waals surface area contributed by atoms with E-state index in [9.17, 15) is 9.59 Å². The molecule has 2 aromatic carbocycles. The van der Waals surface area contributed by atoms with Gasteiger partial charge in [-0.15, -0.1) is 10.2 Å². The fraction of sp³-hybridized carbons (Fsp3) is 0.360. The van der Waals surface area contributed by atoms with Crippen molar-refractivity contribution in [3.05, 3.63) is 70.9 Å². The lowest BCUT2D eigenvalue weighted by molar-refractivity contribution is -0.151. The van der Waals surface area contributed by atoms with Crippen LogP contribution in [0.1, 0.15) is 47.8 Å². The molecule has 3 aromatic rings. The van der Waals surface area contributed by atoms with Crippen LogP contribution in [0, 0.1) is 11.3 Å². The lowest BCUT2D eigenvalue weighted by Gasteiger charge is -2.51. The molecule has 0 atom stereocenters. The van der Waals surface area contributed by atoms with Crippen LogP contribution in [0.15, 0.2) is 52.9 Å². The van der Waals surface area contributed by atoms with Crippen molar-refractivity contribution in [2.24, 2.45) is 11.3 Å². The molecule has 34 heavy (non-hydrogen) atoms. The number of hydrogen-bond donors (Lipinski definition) is 2. The molecular formula is C25H25ClN4O4.